The van der Waals surface area contributed by atoms with Crippen LogP contribution < -0.4 is 10.1 Å². The molecule has 0 bridgehead atoms. The molecule has 0 spiro atoms. The number of fused-ring (bicyclic) bond motifs is 1. The van der Waals surface area contributed by atoms with Crippen LogP contribution in [-0.4, -0.2) is 55.2 Å². The van der Waals surface area contributed by atoms with Crippen LogP contribution in [0.4, 0.5) is 5.82 Å². The first-order chi connectivity index (χ1) is 15.5. The summed E-state index contributed by atoms with van der Waals surface area (Å²) in [5.74, 6) is 1.89. The maximum Gasteiger partial charge on any atom is 0.228 e. The Kier molecular flexibility index (Phi) is 7.43. The van der Waals surface area contributed by atoms with Gasteiger partial charge in [0.2, 0.25) is 5.91 Å². The van der Waals surface area contributed by atoms with Crippen LogP contribution in [0.3, 0.4) is 0 Å². The van der Waals surface area contributed by atoms with Gasteiger partial charge in [0.05, 0.1) is 13.2 Å². The van der Waals surface area contributed by atoms with E-state index in [1.807, 2.05) is 25.1 Å². The van der Waals surface area contributed by atoms with Crippen LogP contribution in [0.5, 0.6) is 5.75 Å². The molecule has 0 unspecified atom stereocenters. The van der Waals surface area contributed by atoms with Crippen molar-refractivity contribution in [2.24, 2.45) is 11.8 Å². The summed E-state index contributed by atoms with van der Waals surface area (Å²) in [6.45, 7) is 11.6. The lowest BCUT2D eigenvalue weighted by atomic mass is 9.74. The van der Waals surface area contributed by atoms with Crippen LogP contribution in [0, 0.1) is 25.7 Å². The number of nitrogens with zero attached hydrogens (tertiary/aromatic N) is 2. The minimum Gasteiger partial charge on any atom is -0.492 e. The van der Waals surface area contributed by atoms with E-state index < -0.39 is 0 Å². The van der Waals surface area contributed by atoms with E-state index in [4.69, 9.17) is 9.47 Å². The fraction of sp³-hybridized carbons (Fsp3) is 0.538. The van der Waals surface area contributed by atoms with Gasteiger partial charge in [0.25, 0.3) is 0 Å². The van der Waals surface area contributed by atoms with Gasteiger partial charge in [0.15, 0.2) is 0 Å². The zero-order valence-corrected chi connectivity index (χ0v) is 19.5. The van der Waals surface area contributed by atoms with Crippen LogP contribution in [0.25, 0.3) is 0 Å². The average Bonchev–Trinajstić information content (AvgIpc) is 2.82. The van der Waals surface area contributed by atoms with E-state index in [0.29, 0.717) is 18.3 Å². The van der Waals surface area contributed by atoms with Crippen molar-refractivity contribution in [2.45, 2.75) is 40.0 Å². The molecule has 2 aromatic rings. The summed E-state index contributed by atoms with van der Waals surface area (Å²) in [6.07, 6.45) is 4.66. The molecule has 0 saturated carbocycles. The fourth-order valence-corrected chi connectivity index (χ4v) is 4.90. The number of pyridine rings is 1. The Morgan fingerprint density at radius 1 is 1.28 bits per heavy atom. The van der Waals surface area contributed by atoms with E-state index in [9.17, 15) is 4.79 Å². The highest BCUT2D eigenvalue weighted by Crippen LogP contribution is 2.38. The van der Waals surface area contributed by atoms with Gasteiger partial charge in [-0.2, -0.15) is 0 Å². The van der Waals surface area contributed by atoms with E-state index in [0.717, 1.165) is 57.9 Å². The normalized spacial score (nSPS) is 19.8. The Balaban J connectivity index is 1.41. The van der Waals surface area contributed by atoms with Crippen molar-refractivity contribution >= 4 is 11.7 Å². The highest BCUT2D eigenvalue weighted by atomic mass is 16.5. The summed E-state index contributed by atoms with van der Waals surface area (Å²) in [6, 6.07) is 7.76. The quantitative estimate of drug-likeness (QED) is 0.714. The topological polar surface area (TPSA) is 63.7 Å². The van der Waals surface area contributed by atoms with Crippen molar-refractivity contribution in [3.05, 3.63) is 52.7 Å². The van der Waals surface area contributed by atoms with Crippen molar-refractivity contribution < 1.29 is 14.3 Å². The number of benzene rings is 1. The van der Waals surface area contributed by atoms with E-state index in [1.165, 1.54) is 22.3 Å². The molecule has 0 radical (unpaired) electrons. The summed E-state index contributed by atoms with van der Waals surface area (Å²) >= 11 is 0. The number of nitrogens with one attached hydrogen (secondary N) is 1. The lowest BCUT2D eigenvalue weighted by Gasteiger charge is -2.32. The third kappa shape index (κ3) is 5.30. The summed E-state index contributed by atoms with van der Waals surface area (Å²) in [5, 5.41) is 2.97. The molecule has 1 N–H and O–H groups in total. The lowest BCUT2D eigenvalue weighted by molar-refractivity contribution is -0.121. The molecule has 32 heavy (non-hydrogen) atoms. The molecule has 2 aliphatic rings. The molecule has 6 nitrogen and oxygen atoms in total. The van der Waals surface area contributed by atoms with E-state index in [1.54, 1.807) is 6.20 Å². The number of hydrogen-bond acceptors (Lipinski definition) is 5. The van der Waals surface area contributed by atoms with Crippen LogP contribution >= 0.6 is 0 Å². The molecule has 4 rings (SSSR count). The number of rotatable bonds is 7. The number of anilines is 1. The number of aromatic nitrogens is 1. The van der Waals surface area contributed by atoms with Crippen LogP contribution in [0.15, 0.2) is 30.5 Å². The Morgan fingerprint density at radius 2 is 2.09 bits per heavy atom. The first-order valence-electron chi connectivity index (χ1n) is 11.8. The maximum absolute atomic E-state index is 12.8. The average molecular weight is 438 g/mol. The standard InChI is InChI=1S/C26H35N3O3/c1-18-16-24(32-15-12-29-10-13-31-14-11-29)20(3)23-17-21(7-8-22(18)23)19(2)26(30)28-25-6-4-5-9-27-25/h4-6,9,16,19,21H,7-8,10-15,17H2,1-3H3,(H,27,28,30)/t19-,21+/m0/s1. The molecule has 1 aliphatic carbocycles. The van der Waals surface area contributed by atoms with Gasteiger partial charge in [-0.15, -0.1) is 0 Å². The van der Waals surface area contributed by atoms with Crippen molar-refractivity contribution in [3.63, 3.8) is 0 Å². The predicted octanol–water partition coefficient (Wildman–Crippen LogP) is 3.79. The molecule has 1 aliphatic heterocycles. The van der Waals surface area contributed by atoms with Gasteiger partial charge < -0.3 is 14.8 Å². The molecule has 1 saturated heterocycles. The van der Waals surface area contributed by atoms with Crippen LogP contribution in [0.2, 0.25) is 0 Å². The van der Waals surface area contributed by atoms with Crippen molar-refractivity contribution in [3.8, 4) is 5.75 Å². The first-order valence-corrected chi connectivity index (χ1v) is 11.8. The Hall–Kier alpha value is -2.44. The molecule has 1 amide bonds. The summed E-state index contributed by atoms with van der Waals surface area (Å²) < 4.78 is 11.7. The summed E-state index contributed by atoms with van der Waals surface area (Å²) in [5.41, 5.74) is 5.35. The molecule has 1 aromatic carbocycles. The Morgan fingerprint density at radius 3 is 2.84 bits per heavy atom. The summed E-state index contributed by atoms with van der Waals surface area (Å²) in [7, 11) is 0. The van der Waals surface area contributed by atoms with Gasteiger partial charge in [-0.1, -0.05) is 13.0 Å². The molecule has 2 heterocycles. The minimum atomic E-state index is -0.0734. The third-order valence-electron chi connectivity index (χ3n) is 7.05. The molecule has 1 aromatic heterocycles. The van der Waals surface area contributed by atoms with E-state index >= 15 is 0 Å². The van der Waals surface area contributed by atoms with Gasteiger partial charge in [-0.05, 0) is 79.5 Å². The van der Waals surface area contributed by atoms with Gasteiger partial charge in [0.1, 0.15) is 18.2 Å². The van der Waals surface area contributed by atoms with Gasteiger partial charge in [-0.3, -0.25) is 9.69 Å². The second-order valence-electron chi connectivity index (χ2n) is 9.07. The second kappa shape index (κ2) is 10.5. The second-order valence-corrected chi connectivity index (χ2v) is 9.07. The third-order valence-corrected chi connectivity index (χ3v) is 7.05. The van der Waals surface area contributed by atoms with Crippen molar-refractivity contribution in [2.75, 3.05) is 44.8 Å². The van der Waals surface area contributed by atoms with Crippen LogP contribution in [-0.2, 0) is 22.4 Å². The van der Waals surface area contributed by atoms with Gasteiger partial charge in [-0.25, -0.2) is 4.98 Å². The van der Waals surface area contributed by atoms with E-state index in [-0.39, 0.29) is 11.8 Å². The molecular formula is C26H35N3O3. The number of morpholine rings is 1. The largest absolute Gasteiger partial charge is 0.492 e. The Bertz CT molecular complexity index is 926. The number of carbonyl (C=O) groups excluding carboxylic acids is 1. The highest BCUT2D eigenvalue weighted by Gasteiger charge is 2.30. The van der Waals surface area contributed by atoms with E-state index in [2.05, 4.69) is 35.1 Å². The maximum atomic E-state index is 12.8. The SMILES string of the molecule is Cc1cc(OCCN2CCOCC2)c(C)c2c1CC[C@@H]([C@H](C)C(=O)Nc1ccccn1)C2. The molecule has 1 fully saturated rings. The Labute approximate surface area is 191 Å². The fourth-order valence-electron chi connectivity index (χ4n) is 4.90. The lowest BCUT2D eigenvalue weighted by Crippen LogP contribution is -2.38. The minimum absolute atomic E-state index is 0.0458. The monoisotopic (exact) mass is 437 g/mol. The smallest absolute Gasteiger partial charge is 0.228 e. The van der Waals surface area contributed by atoms with Crippen molar-refractivity contribution in [1.82, 2.24) is 9.88 Å². The number of carbonyl (C=O) groups is 1. The summed E-state index contributed by atoms with van der Waals surface area (Å²) in [4.78, 5) is 19.5. The molecule has 172 valence electrons. The molecule has 6 heteroatoms. The first kappa shape index (κ1) is 22.7. The predicted molar refractivity (Wildman–Crippen MR) is 126 cm³/mol. The van der Waals surface area contributed by atoms with Gasteiger partial charge >= 0.3 is 0 Å². The number of aryl methyl sites for hydroxylation is 1. The van der Waals surface area contributed by atoms with Crippen molar-refractivity contribution in [1.29, 1.82) is 0 Å². The van der Waals surface area contributed by atoms with Crippen LogP contribution in [0.1, 0.15) is 35.6 Å². The molecular weight excluding hydrogens is 402 g/mol. The van der Waals surface area contributed by atoms with Gasteiger partial charge in [0, 0.05) is 31.7 Å². The highest BCUT2D eigenvalue weighted by molar-refractivity contribution is 5.91. The molecule has 2 atom stereocenters. The zero-order chi connectivity index (χ0) is 22.5. The number of amides is 1. The number of hydrogen-bond donors (Lipinski definition) is 1. The zero-order valence-electron chi connectivity index (χ0n) is 19.5. The number of ether oxygens (including phenoxy) is 2.